The number of carbonyl (C=O) groups excluding carboxylic acids is 1. The van der Waals surface area contributed by atoms with Crippen molar-refractivity contribution < 1.29 is 13.2 Å². The number of benzene rings is 2. The number of nitrogens with zero attached hydrogens (tertiary/aromatic N) is 4. The van der Waals surface area contributed by atoms with Crippen LogP contribution >= 0.6 is 0 Å². The number of rotatable bonds is 7. The molecule has 0 fully saturated rings. The van der Waals surface area contributed by atoms with Crippen LogP contribution in [0.15, 0.2) is 59.5 Å². The number of sulfonamides is 1. The van der Waals surface area contributed by atoms with Crippen LogP contribution in [0.2, 0.25) is 0 Å². The minimum absolute atomic E-state index is 0.157. The maximum Gasteiger partial charge on any atom is 0.253 e. The second-order valence-electron chi connectivity index (χ2n) is 8.20. The van der Waals surface area contributed by atoms with E-state index in [2.05, 4.69) is 5.10 Å². The monoisotopic (exact) mass is 454 g/mol. The Morgan fingerprint density at radius 1 is 1.00 bits per heavy atom. The van der Waals surface area contributed by atoms with Gasteiger partial charge in [-0.25, -0.2) is 13.1 Å². The zero-order valence-corrected chi connectivity index (χ0v) is 20.2. The Bertz CT molecular complexity index is 1200. The summed E-state index contributed by atoms with van der Waals surface area (Å²) >= 11 is 0. The van der Waals surface area contributed by atoms with Gasteiger partial charge in [-0.3, -0.25) is 4.79 Å². The van der Waals surface area contributed by atoms with Crippen LogP contribution in [0.25, 0.3) is 5.69 Å². The number of aryl methyl sites for hydroxylation is 1. The molecule has 0 saturated heterocycles. The lowest BCUT2D eigenvalue weighted by Crippen LogP contribution is -2.33. The summed E-state index contributed by atoms with van der Waals surface area (Å²) in [5.41, 5.74) is 4.24. The van der Waals surface area contributed by atoms with Gasteiger partial charge in [0.1, 0.15) is 0 Å². The Kier molecular flexibility index (Phi) is 6.85. The number of carbonyl (C=O) groups is 1. The number of aromatic nitrogens is 2. The van der Waals surface area contributed by atoms with Crippen LogP contribution in [0.5, 0.6) is 0 Å². The van der Waals surface area contributed by atoms with Crippen molar-refractivity contribution >= 4 is 15.9 Å². The maximum absolute atomic E-state index is 13.0. The zero-order valence-electron chi connectivity index (χ0n) is 19.4. The molecule has 3 rings (SSSR count). The third-order valence-electron chi connectivity index (χ3n) is 5.69. The summed E-state index contributed by atoms with van der Waals surface area (Å²) in [6.07, 6.45) is 0. The highest BCUT2D eigenvalue weighted by atomic mass is 32.2. The van der Waals surface area contributed by atoms with E-state index in [0.717, 1.165) is 22.6 Å². The lowest BCUT2D eigenvalue weighted by molar-refractivity contribution is 0.0784. The highest BCUT2D eigenvalue weighted by Crippen LogP contribution is 2.21. The molecule has 0 aliphatic carbocycles. The fourth-order valence-electron chi connectivity index (χ4n) is 3.47. The van der Waals surface area contributed by atoms with Gasteiger partial charge in [0.2, 0.25) is 10.0 Å². The molecular formula is C24H30N4O3S. The SMILES string of the molecule is Cc1nn(-c2ccccc2)c(C)c1CN(C)C(=O)c1ccc(S(=O)(=O)N(C)C(C)C)cc1. The third-order valence-corrected chi connectivity index (χ3v) is 7.74. The fraction of sp³-hybridized carbons (Fsp3) is 0.333. The van der Waals surface area contributed by atoms with Crippen LogP contribution in [0.3, 0.4) is 0 Å². The van der Waals surface area contributed by atoms with Crippen molar-refractivity contribution in [1.82, 2.24) is 19.0 Å². The molecule has 0 N–H and O–H groups in total. The highest BCUT2D eigenvalue weighted by Gasteiger charge is 2.24. The lowest BCUT2D eigenvalue weighted by Gasteiger charge is -2.21. The zero-order chi connectivity index (χ0) is 23.6. The standard InChI is InChI=1S/C24H30N4O3S/c1-17(2)27(6)32(30,31)22-14-12-20(13-15-22)24(29)26(5)16-23-18(3)25-28(19(23)4)21-10-8-7-9-11-21/h7-15,17H,16H2,1-6H3. The average molecular weight is 455 g/mol. The van der Waals surface area contributed by atoms with E-state index in [0.29, 0.717) is 12.1 Å². The van der Waals surface area contributed by atoms with Crippen molar-refractivity contribution in [2.45, 2.75) is 45.2 Å². The summed E-state index contributed by atoms with van der Waals surface area (Å²) in [5, 5.41) is 4.64. The summed E-state index contributed by atoms with van der Waals surface area (Å²) in [7, 11) is -0.304. The molecular weight excluding hydrogens is 424 g/mol. The summed E-state index contributed by atoms with van der Waals surface area (Å²) in [5.74, 6) is -0.183. The molecule has 0 saturated carbocycles. The second kappa shape index (κ2) is 9.26. The first kappa shape index (κ1) is 23.7. The van der Waals surface area contributed by atoms with Gasteiger partial charge < -0.3 is 4.90 Å². The molecule has 0 atom stereocenters. The van der Waals surface area contributed by atoms with E-state index in [1.165, 1.54) is 16.4 Å². The van der Waals surface area contributed by atoms with E-state index in [-0.39, 0.29) is 16.8 Å². The largest absolute Gasteiger partial charge is 0.337 e. The molecule has 3 aromatic rings. The van der Waals surface area contributed by atoms with Gasteiger partial charge in [0, 0.05) is 43.5 Å². The van der Waals surface area contributed by atoms with Crippen molar-refractivity contribution in [3.63, 3.8) is 0 Å². The predicted molar refractivity (Wildman–Crippen MR) is 125 cm³/mol. The van der Waals surface area contributed by atoms with Gasteiger partial charge in [0.25, 0.3) is 5.91 Å². The molecule has 0 aliphatic heterocycles. The molecule has 8 heteroatoms. The average Bonchev–Trinajstić information content (AvgIpc) is 3.06. The molecule has 0 aliphatic rings. The highest BCUT2D eigenvalue weighted by molar-refractivity contribution is 7.89. The lowest BCUT2D eigenvalue weighted by atomic mass is 10.1. The van der Waals surface area contributed by atoms with Crippen molar-refractivity contribution in [1.29, 1.82) is 0 Å². The van der Waals surface area contributed by atoms with E-state index < -0.39 is 10.0 Å². The molecule has 2 aromatic carbocycles. The van der Waals surface area contributed by atoms with Crippen LogP contribution < -0.4 is 0 Å². The van der Waals surface area contributed by atoms with Crippen LogP contribution in [0, 0.1) is 13.8 Å². The predicted octanol–water partition coefficient (Wildman–Crippen LogP) is 3.79. The first-order valence-corrected chi connectivity index (χ1v) is 11.9. The number of amides is 1. The molecule has 32 heavy (non-hydrogen) atoms. The topological polar surface area (TPSA) is 75.5 Å². The molecule has 0 radical (unpaired) electrons. The third kappa shape index (κ3) is 4.61. The van der Waals surface area contributed by atoms with Crippen molar-refractivity contribution in [3.05, 3.63) is 77.1 Å². The Balaban J connectivity index is 1.79. The second-order valence-corrected chi connectivity index (χ2v) is 10.2. The molecule has 1 aromatic heterocycles. The fourth-order valence-corrected chi connectivity index (χ4v) is 4.83. The Hall–Kier alpha value is -2.97. The van der Waals surface area contributed by atoms with Gasteiger partial charge >= 0.3 is 0 Å². The quantitative estimate of drug-likeness (QED) is 0.544. The number of hydrogen-bond donors (Lipinski definition) is 0. The summed E-state index contributed by atoms with van der Waals surface area (Å²) < 4.78 is 28.5. The van der Waals surface area contributed by atoms with Crippen LogP contribution in [0.1, 0.15) is 41.2 Å². The van der Waals surface area contributed by atoms with Crippen molar-refractivity contribution in [3.8, 4) is 5.69 Å². The normalized spacial score (nSPS) is 11.9. The summed E-state index contributed by atoms with van der Waals surface area (Å²) in [4.78, 5) is 14.8. The van der Waals surface area contributed by atoms with E-state index in [9.17, 15) is 13.2 Å². The van der Waals surface area contributed by atoms with Gasteiger partial charge in [-0.1, -0.05) is 18.2 Å². The van der Waals surface area contributed by atoms with E-state index >= 15 is 0 Å². The van der Waals surface area contributed by atoms with Gasteiger partial charge in [0.05, 0.1) is 16.3 Å². The Morgan fingerprint density at radius 3 is 2.16 bits per heavy atom. The first-order valence-electron chi connectivity index (χ1n) is 10.5. The van der Waals surface area contributed by atoms with Gasteiger partial charge in [0.15, 0.2) is 0 Å². The van der Waals surface area contributed by atoms with Crippen LogP contribution in [-0.4, -0.2) is 53.4 Å². The molecule has 1 heterocycles. The molecule has 0 bridgehead atoms. The summed E-state index contributed by atoms with van der Waals surface area (Å²) in [6, 6.07) is 15.8. The minimum Gasteiger partial charge on any atom is -0.337 e. The maximum atomic E-state index is 13.0. The Labute approximate surface area is 190 Å². The molecule has 170 valence electrons. The van der Waals surface area contributed by atoms with Crippen LogP contribution in [0.4, 0.5) is 0 Å². The van der Waals surface area contributed by atoms with E-state index in [1.54, 1.807) is 31.1 Å². The molecule has 7 nitrogen and oxygen atoms in total. The van der Waals surface area contributed by atoms with Gasteiger partial charge in [-0.2, -0.15) is 9.40 Å². The molecule has 1 amide bonds. The van der Waals surface area contributed by atoms with Gasteiger partial charge in [-0.05, 0) is 64.1 Å². The van der Waals surface area contributed by atoms with Crippen molar-refractivity contribution in [2.75, 3.05) is 14.1 Å². The van der Waals surface area contributed by atoms with Crippen molar-refractivity contribution in [2.24, 2.45) is 0 Å². The van der Waals surface area contributed by atoms with E-state index in [4.69, 9.17) is 0 Å². The van der Waals surface area contributed by atoms with E-state index in [1.807, 2.05) is 62.7 Å². The van der Waals surface area contributed by atoms with Crippen LogP contribution in [-0.2, 0) is 16.6 Å². The minimum atomic E-state index is -3.59. The Morgan fingerprint density at radius 2 is 1.59 bits per heavy atom. The first-order chi connectivity index (χ1) is 15.0. The van der Waals surface area contributed by atoms with Gasteiger partial charge in [-0.15, -0.1) is 0 Å². The summed E-state index contributed by atoms with van der Waals surface area (Å²) in [6.45, 7) is 7.96. The smallest absolute Gasteiger partial charge is 0.253 e. The number of para-hydroxylation sites is 1. The molecule has 0 unspecified atom stereocenters. The molecule has 0 spiro atoms. The number of hydrogen-bond acceptors (Lipinski definition) is 4.